The maximum absolute atomic E-state index is 12.9. The Morgan fingerprint density at radius 2 is 1.90 bits per heavy atom. The first-order chi connectivity index (χ1) is 14.5. The first-order valence-corrected chi connectivity index (χ1v) is 11.4. The van der Waals surface area contributed by atoms with E-state index in [-0.39, 0.29) is 5.91 Å². The molecule has 3 rings (SSSR count). The molecule has 0 atom stereocenters. The second-order valence-corrected chi connectivity index (χ2v) is 8.83. The van der Waals surface area contributed by atoms with Crippen molar-refractivity contribution in [2.75, 3.05) is 6.54 Å². The topological polar surface area (TPSA) is 42.4 Å². The summed E-state index contributed by atoms with van der Waals surface area (Å²) in [7, 11) is 0. The van der Waals surface area contributed by atoms with E-state index in [1.54, 1.807) is 35.6 Å². The van der Waals surface area contributed by atoms with Gasteiger partial charge < -0.3 is 9.64 Å². The van der Waals surface area contributed by atoms with Crippen LogP contribution in [0.25, 0.3) is 0 Å². The monoisotopic (exact) mass is 442 g/mol. The number of para-hydroxylation sites is 1. The van der Waals surface area contributed by atoms with Gasteiger partial charge in [-0.25, -0.2) is 4.98 Å². The highest BCUT2D eigenvalue weighted by Crippen LogP contribution is 2.27. The lowest BCUT2D eigenvalue weighted by atomic mass is 10.0. The van der Waals surface area contributed by atoms with Crippen LogP contribution in [0.1, 0.15) is 59.7 Å². The van der Waals surface area contributed by atoms with Gasteiger partial charge in [-0.15, -0.1) is 11.3 Å². The number of rotatable bonds is 9. The molecule has 0 aliphatic carbocycles. The molecule has 30 heavy (non-hydrogen) atoms. The minimum Gasteiger partial charge on any atom is -0.486 e. The standard InChI is InChI=1S/C24H27ClN2O2S/c1-4-13-27(24(28)18-9-11-19(25)12-10-18)14-20-16-30-23(26-20)15-29-22-8-6-5-7-21(22)17(2)3/h5-12,16-17H,4,13-15H2,1-3H3. The van der Waals surface area contributed by atoms with E-state index in [0.717, 1.165) is 22.9 Å². The maximum atomic E-state index is 12.9. The van der Waals surface area contributed by atoms with Crippen LogP contribution in [0.5, 0.6) is 5.75 Å². The third kappa shape index (κ3) is 5.83. The number of aromatic nitrogens is 1. The zero-order valence-corrected chi connectivity index (χ0v) is 19.2. The van der Waals surface area contributed by atoms with Gasteiger partial charge in [0.2, 0.25) is 0 Å². The van der Waals surface area contributed by atoms with Crippen LogP contribution >= 0.6 is 22.9 Å². The van der Waals surface area contributed by atoms with Crippen molar-refractivity contribution in [1.29, 1.82) is 0 Å². The van der Waals surface area contributed by atoms with Crippen molar-refractivity contribution in [3.05, 3.63) is 80.8 Å². The van der Waals surface area contributed by atoms with Gasteiger partial charge in [-0.1, -0.05) is 50.6 Å². The normalized spacial score (nSPS) is 11.0. The number of benzene rings is 2. The van der Waals surface area contributed by atoms with Crippen LogP contribution in [0.4, 0.5) is 0 Å². The Hall–Kier alpha value is -2.37. The number of ether oxygens (including phenoxy) is 1. The summed E-state index contributed by atoms with van der Waals surface area (Å²) in [6.07, 6.45) is 0.880. The Bertz CT molecular complexity index is 969. The summed E-state index contributed by atoms with van der Waals surface area (Å²) in [6.45, 7) is 7.95. The quantitative estimate of drug-likeness (QED) is 0.377. The summed E-state index contributed by atoms with van der Waals surface area (Å²) >= 11 is 7.51. The number of carbonyl (C=O) groups excluding carboxylic acids is 1. The summed E-state index contributed by atoms with van der Waals surface area (Å²) < 4.78 is 6.03. The predicted molar refractivity (Wildman–Crippen MR) is 123 cm³/mol. The fourth-order valence-electron chi connectivity index (χ4n) is 3.21. The van der Waals surface area contributed by atoms with Crippen LogP contribution in [0, 0.1) is 0 Å². The molecule has 0 bridgehead atoms. The number of halogens is 1. The van der Waals surface area contributed by atoms with Crippen molar-refractivity contribution in [2.45, 2.75) is 46.3 Å². The molecule has 6 heteroatoms. The maximum Gasteiger partial charge on any atom is 0.254 e. The minimum absolute atomic E-state index is 0.00909. The van der Waals surface area contributed by atoms with Crippen molar-refractivity contribution in [2.24, 2.45) is 0 Å². The zero-order valence-electron chi connectivity index (χ0n) is 17.6. The molecule has 158 valence electrons. The van der Waals surface area contributed by atoms with Crippen molar-refractivity contribution in [1.82, 2.24) is 9.88 Å². The fourth-order valence-corrected chi connectivity index (χ4v) is 4.03. The van der Waals surface area contributed by atoms with Gasteiger partial charge >= 0.3 is 0 Å². The third-order valence-corrected chi connectivity index (χ3v) is 5.84. The van der Waals surface area contributed by atoms with Gasteiger partial charge in [-0.05, 0) is 48.2 Å². The molecule has 0 spiro atoms. The molecule has 1 aromatic heterocycles. The van der Waals surface area contributed by atoms with Gasteiger partial charge in [0, 0.05) is 22.5 Å². The van der Waals surface area contributed by atoms with Crippen molar-refractivity contribution in [3.8, 4) is 5.75 Å². The predicted octanol–water partition coefficient (Wildman–Crippen LogP) is 6.55. The van der Waals surface area contributed by atoms with Gasteiger partial charge in [0.25, 0.3) is 5.91 Å². The first-order valence-electron chi connectivity index (χ1n) is 10.2. The second kappa shape index (κ2) is 10.6. The molecule has 1 heterocycles. The highest BCUT2D eigenvalue weighted by Gasteiger charge is 2.17. The lowest BCUT2D eigenvalue weighted by molar-refractivity contribution is 0.0741. The molecule has 0 saturated heterocycles. The lowest BCUT2D eigenvalue weighted by Crippen LogP contribution is -2.31. The molecule has 4 nitrogen and oxygen atoms in total. The van der Waals surface area contributed by atoms with Crippen molar-refractivity contribution in [3.63, 3.8) is 0 Å². The summed E-state index contributed by atoms with van der Waals surface area (Å²) in [5, 5.41) is 3.53. The van der Waals surface area contributed by atoms with Crippen LogP contribution in [0.3, 0.4) is 0 Å². The molecule has 0 saturated carbocycles. The van der Waals surface area contributed by atoms with Crippen LogP contribution < -0.4 is 4.74 Å². The molecule has 0 unspecified atom stereocenters. The van der Waals surface area contributed by atoms with E-state index in [1.807, 2.05) is 28.5 Å². The average Bonchev–Trinajstić information content (AvgIpc) is 3.19. The molecule has 0 aliphatic rings. The van der Waals surface area contributed by atoms with E-state index >= 15 is 0 Å². The fraction of sp³-hybridized carbons (Fsp3) is 0.333. The largest absolute Gasteiger partial charge is 0.486 e. The van der Waals surface area contributed by atoms with Crippen LogP contribution in [0.2, 0.25) is 5.02 Å². The van der Waals surface area contributed by atoms with E-state index in [0.29, 0.717) is 36.2 Å². The van der Waals surface area contributed by atoms with E-state index < -0.39 is 0 Å². The van der Waals surface area contributed by atoms with E-state index in [2.05, 4.69) is 26.8 Å². The van der Waals surface area contributed by atoms with Gasteiger partial charge in [0.15, 0.2) is 0 Å². The highest BCUT2D eigenvalue weighted by molar-refractivity contribution is 7.09. The second-order valence-electron chi connectivity index (χ2n) is 7.45. The lowest BCUT2D eigenvalue weighted by Gasteiger charge is -2.21. The Labute approximate surface area is 187 Å². The van der Waals surface area contributed by atoms with E-state index in [4.69, 9.17) is 21.3 Å². The van der Waals surface area contributed by atoms with Gasteiger partial charge in [0.05, 0.1) is 12.2 Å². The molecule has 1 amide bonds. The van der Waals surface area contributed by atoms with Crippen LogP contribution in [-0.2, 0) is 13.2 Å². The van der Waals surface area contributed by atoms with E-state index in [1.165, 1.54) is 5.56 Å². The zero-order chi connectivity index (χ0) is 21.5. The molecular formula is C24H27ClN2O2S. The van der Waals surface area contributed by atoms with Gasteiger partial charge in [-0.2, -0.15) is 0 Å². The Morgan fingerprint density at radius 1 is 1.17 bits per heavy atom. The third-order valence-electron chi connectivity index (χ3n) is 4.72. The number of hydrogen-bond donors (Lipinski definition) is 0. The smallest absolute Gasteiger partial charge is 0.254 e. The minimum atomic E-state index is -0.00909. The molecule has 0 radical (unpaired) electrons. The summed E-state index contributed by atoms with van der Waals surface area (Å²) in [6, 6.07) is 15.1. The highest BCUT2D eigenvalue weighted by atomic mass is 35.5. The summed E-state index contributed by atoms with van der Waals surface area (Å²) in [5.41, 5.74) is 2.71. The molecule has 3 aromatic rings. The van der Waals surface area contributed by atoms with Crippen LogP contribution in [0.15, 0.2) is 53.9 Å². The number of thiazole rings is 1. The molecule has 2 aromatic carbocycles. The molecule has 0 N–H and O–H groups in total. The molecular weight excluding hydrogens is 416 g/mol. The SMILES string of the molecule is CCCN(Cc1csc(COc2ccccc2C(C)C)n1)C(=O)c1ccc(Cl)cc1. The molecule has 0 aliphatic heterocycles. The molecule has 0 fully saturated rings. The number of hydrogen-bond acceptors (Lipinski definition) is 4. The van der Waals surface area contributed by atoms with Crippen molar-refractivity contribution < 1.29 is 9.53 Å². The first kappa shape index (κ1) is 22.3. The number of carbonyl (C=O) groups is 1. The van der Waals surface area contributed by atoms with Gasteiger partial charge in [-0.3, -0.25) is 4.79 Å². The Balaban J connectivity index is 1.65. The van der Waals surface area contributed by atoms with Crippen LogP contribution in [-0.4, -0.2) is 22.3 Å². The van der Waals surface area contributed by atoms with Gasteiger partial charge in [0.1, 0.15) is 17.4 Å². The Morgan fingerprint density at radius 3 is 2.60 bits per heavy atom. The number of nitrogens with zero attached hydrogens (tertiary/aromatic N) is 2. The summed E-state index contributed by atoms with van der Waals surface area (Å²) in [4.78, 5) is 19.4. The van der Waals surface area contributed by atoms with Crippen molar-refractivity contribution >= 4 is 28.8 Å². The average molecular weight is 443 g/mol. The number of amides is 1. The Kier molecular flexibility index (Phi) is 7.88. The summed E-state index contributed by atoms with van der Waals surface area (Å²) in [5.74, 6) is 1.29. The van der Waals surface area contributed by atoms with E-state index in [9.17, 15) is 4.79 Å².